The molecule has 1 N–H and O–H groups in total. The average molecular weight is 241 g/mol. The van der Waals surface area contributed by atoms with Crippen LogP contribution in [0, 0.1) is 5.92 Å². The predicted molar refractivity (Wildman–Crippen MR) is 75.1 cm³/mol. The number of hydrogen-bond acceptors (Lipinski definition) is 1. The molecular formula is C15H31NO. The second kappa shape index (κ2) is 11.9. The summed E-state index contributed by atoms with van der Waals surface area (Å²) >= 11 is 0. The van der Waals surface area contributed by atoms with Gasteiger partial charge in [-0.15, -0.1) is 0 Å². The van der Waals surface area contributed by atoms with Gasteiger partial charge in [0.1, 0.15) is 0 Å². The normalized spacial score (nSPS) is 10.8. The van der Waals surface area contributed by atoms with E-state index in [-0.39, 0.29) is 11.8 Å². The average Bonchev–Trinajstić information content (AvgIpc) is 2.34. The minimum absolute atomic E-state index is 0.222. The third kappa shape index (κ3) is 9.20. The number of hydrogen-bond donors (Lipinski definition) is 1. The third-order valence-electron chi connectivity index (χ3n) is 3.44. The Labute approximate surface area is 108 Å². The number of rotatable bonds is 11. The van der Waals surface area contributed by atoms with E-state index in [1.54, 1.807) is 0 Å². The van der Waals surface area contributed by atoms with Gasteiger partial charge in [-0.3, -0.25) is 4.79 Å². The van der Waals surface area contributed by atoms with Crippen LogP contribution in [0.5, 0.6) is 0 Å². The van der Waals surface area contributed by atoms with Crippen molar-refractivity contribution in [1.29, 1.82) is 0 Å². The molecule has 0 rings (SSSR count). The van der Waals surface area contributed by atoms with Crippen LogP contribution in [0.2, 0.25) is 0 Å². The first-order valence-electron chi connectivity index (χ1n) is 7.53. The van der Waals surface area contributed by atoms with Crippen molar-refractivity contribution in [2.75, 3.05) is 6.54 Å². The van der Waals surface area contributed by atoms with E-state index < -0.39 is 0 Å². The maximum atomic E-state index is 11.7. The summed E-state index contributed by atoms with van der Waals surface area (Å²) in [5.74, 6) is 0.473. The van der Waals surface area contributed by atoms with Crippen molar-refractivity contribution in [1.82, 2.24) is 5.32 Å². The molecule has 0 aliphatic rings. The van der Waals surface area contributed by atoms with Crippen LogP contribution in [-0.4, -0.2) is 12.5 Å². The number of nitrogens with one attached hydrogen (secondary N) is 1. The largest absolute Gasteiger partial charge is 0.356 e. The number of amides is 1. The smallest absolute Gasteiger partial charge is 0.223 e. The molecule has 0 spiro atoms. The Morgan fingerprint density at radius 3 is 1.94 bits per heavy atom. The molecule has 0 unspecified atom stereocenters. The zero-order valence-corrected chi connectivity index (χ0v) is 12.1. The zero-order chi connectivity index (χ0) is 12.9. The van der Waals surface area contributed by atoms with Gasteiger partial charge in [-0.25, -0.2) is 0 Å². The lowest BCUT2D eigenvalue weighted by atomic mass is 10.0. The van der Waals surface area contributed by atoms with Gasteiger partial charge < -0.3 is 5.32 Å². The van der Waals surface area contributed by atoms with Crippen molar-refractivity contribution in [3.63, 3.8) is 0 Å². The van der Waals surface area contributed by atoms with Gasteiger partial charge in [-0.1, -0.05) is 59.3 Å². The molecule has 0 aromatic rings. The van der Waals surface area contributed by atoms with Crippen LogP contribution in [0.15, 0.2) is 0 Å². The van der Waals surface area contributed by atoms with Gasteiger partial charge in [0, 0.05) is 12.5 Å². The van der Waals surface area contributed by atoms with E-state index in [4.69, 9.17) is 0 Å². The van der Waals surface area contributed by atoms with Crippen molar-refractivity contribution in [3.8, 4) is 0 Å². The molecule has 0 aliphatic heterocycles. The second-order valence-corrected chi connectivity index (χ2v) is 4.93. The molecule has 1 amide bonds. The van der Waals surface area contributed by atoms with E-state index in [2.05, 4.69) is 26.1 Å². The highest BCUT2D eigenvalue weighted by atomic mass is 16.1. The summed E-state index contributed by atoms with van der Waals surface area (Å²) in [5, 5.41) is 3.05. The maximum Gasteiger partial charge on any atom is 0.223 e. The zero-order valence-electron chi connectivity index (χ0n) is 12.1. The van der Waals surface area contributed by atoms with Gasteiger partial charge in [-0.2, -0.15) is 0 Å². The van der Waals surface area contributed by atoms with Crippen LogP contribution in [0.3, 0.4) is 0 Å². The Bertz CT molecular complexity index is 176. The van der Waals surface area contributed by atoms with Crippen LogP contribution < -0.4 is 5.32 Å². The molecule has 0 aromatic heterocycles. The monoisotopic (exact) mass is 241 g/mol. The predicted octanol–water partition coefficient (Wildman–Crippen LogP) is 4.29. The van der Waals surface area contributed by atoms with Crippen LogP contribution in [0.1, 0.15) is 78.6 Å². The summed E-state index contributed by atoms with van der Waals surface area (Å²) in [6.45, 7) is 7.28. The summed E-state index contributed by atoms with van der Waals surface area (Å²) in [6.07, 6.45) is 11.0. The molecule has 0 aliphatic carbocycles. The van der Waals surface area contributed by atoms with Crippen molar-refractivity contribution in [2.45, 2.75) is 78.6 Å². The van der Waals surface area contributed by atoms with Crippen molar-refractivity contribution in [3.05, 3.63) is 0 Å². The van der Waals surface area contributed by atoms with Crippen molar-refractivity contribution >= 4 is 5.91 Å². The molecule has 0 saturated carbocycles. The molecular weight excluding hydrogens is 210 g/mol. The fraction of sp³-hybridized carbons (Fsp3) is 0.933. The summed E-state index contributed by atoms with van der Waals surface area (Å²) in [5.41, 5.74) is 0. The SMILES string of the molecule is CCCCCCCCCNC(=O)C(CC)CC. The Morgan fingerprint density at radius 2 is 1.41 bits per heavy atom. The molecule has 17 heavy (non-hydrogen) atoms. The van der Waals surface area contributed by atoms with Crippen LogP contribution in [-0.2, 0) is 4.79 Å². The van der Waals surface area contributed by atoms with E-state index in [1.165, 1.54) is 38.5 Å². The minimum atomic E-state index is 0.222. The van der Waals surface area contributed by atoms with Gasteiger partial charge in [0.25, 0.3) is 0 Å². The van der Waals surface area contributed by atoms with Crippen LogP contribution in [0.25, 0.3) is 0 Å². The standard InChI is InChI=1S/C15H31NO/c1-4-7-8-9-10-11-12-13-16-15(17)14(5-2)6-3/h14H,4-13H2,1-3H3,(H,16,17). The molecule has 0 bridgehead atoms. The highest BCUT2D eigenvalue weighted by Crippen LogP contribution is 2.08. The summed E-state index contributed by atoms with van der Waals surface area (Å²) in [6, 6.07) is 0. The van der Waals surface area contributed by atoms with Crippen LogP contribution >= 0.6 is 0 Å². The first kappa shape index (κ1) is 16.5. The van der Waals surface area contributed by atoms with Gasteiger partial charge >= 0.3 is 0 Å². The lowest BCUT2D eigenvalue weighted by molar-refractivity contribution is -0.125. The first-order chi connectivity index (χ1) is 8.26. The molecule has 0 saturated heterocycles. The number of unbranched alkanes of at least 4 members (excludes halogenated alkanes) is 6. The molecule has 0 atom stereocenters. The third-order valence-corrected chi connectivity index (χ3v) is 3.44. The minimum Gasteiger partial charge on any atom is -0.356 e. The van der Waals surface area contributed by atoms with Crippen molar-refractivity contribution < 1.29 is 4.79 Å². The summed E-state index contributed by atoms with van der Waals surface area (Å²) in [7, 11) is 0. The lowest BCUT2D eigenvalue weighted by Gasteiger charge is -2.12. The Balaban J connectivity index is 3.30. The van der Waals surface area contributed by atoms with E-state index in [0.717, 1.165) is 25.8 Å². The lowest BCUT2D eigenvalue weighted by Crippen LogP contribution is -2.30. The Hall–Kier alpha value is -0.530. The van der Waals surface area contributed by atoms with Gasteiger partial charge in [0.05, 0.1) is 0 Å². The highest BCUT2D eigenvalue weighted by Gasteiger charge is 2.12. The number of carbonyl (C=O) groups is 1. The molecule has 0 aromatic carbocycles. The fourth-order valence-corrected chi connectivity index (χ4v) is 2.10. The topological polar surface area (TPSA) is 29.1 Å². The van der Waals surface area contributed by atoms with Crippen molar-refractivity contribution in [2.24, 2.45) is 5.92 Å². The van der Waals surface area contributed by atoms with Gasteiger partial charge in [0.15, 0.2) is 0 Å². The molecule has 0 radical (unpaired) electrons. The highest BCUT2D eigenvalue weighted by molar-refractivity contribution is 5.78. The Kier molecular flexibility index (Phi) is 11.6. The second-order valence-electron chi connectivity index (χ2n) is 4.93. The molecule has 0 heterocycles. The fourth-order valence-electron chi connectivity index (χ4n) is 2.10. The van der Waals surface area contributed by atoms with E-state index in [9.17, 15) is 4.79 Å². The van der Waals surface area contributed by atoms with E-state index in [1.807, 2.05) is 0 Å². The number of carbonyl (C=O) groups excluding carboxylic acids is 1. The molecule has 102 valence electrons. The van der Waals surface area contributed by atoms with Crippen LogP contribution in [0.4, 0.5) is 0 Å². The van der Waals surface area contributed by atoms with Gasteiger partial charge in [-0.05, 0) is 19.3 Å². The summed E-state index contributed by atoms with van der Waals surface area (Å²) < 4.78 is 0. The maximum absolute atomic E-state index is 11.7. The molecule has 2 nitrogen and oxygen atoms in total. The van der Waals surface area contributed by atoms with E-state index >= 15 is 0 Å². The molecule has 0 fully saturated rings. The van der Waals surface area contributed by atoms with E-state index in [0.29, 0.717) is 0 Å². The molecule has 2 heteroatoms. The summed E-state index contributed by atoms with van der Waals surface area (Å²) in [4.78, 5) is 11.7. The first-order valence-corrected chi connectivity index (χ1v) is 7.53. The quantitative estimate of drug-likeness (QED) is 0.537. The van der Waals surface area contributed by atoms with Gasteiger partial charge in [0.2, 0.25) is 5.91 Å². The Morgan fingerprint density at radius 1 is 0.882 bits per heavy atom.